The highest BCUT2D eigenvalue weighted by Gasteiger charge is 2.29. The Hall–Kier alpha value is -1.32. The second-order valence-corrected chi connectivity index (χ2v) is 4.49. The van der Waals surface area contributed by atoms with E-state index < -0.39 is 17.9 Å². The van der Waals surface area contributed by atoms with Crippen molar-refractivity contribution in [2.45, 2.75) is 27.2 Å². The lowest BCUT2D eigenvalue weighted by molar-refractivity contribution is -0.144. The summed E-state index contributed by atoms with van der Waals surface area (Å²) in [6.45, 7) is 8.86. The molecule has 1 unspecified atom stereocenters. The zero-order chi connectivity index (χ0) is 11.5. The van der Waals surface area contributed by atoms with Crippen LogP contribution in [-0.2, 0) is 9.59 Å². The molecule has 0 amide bonds. The Morgan fingerprint density at radius 1 is 1.29 bits per heavy atom. The zero-order valence-electron chi connectivity index (χ0n) is 8.70. The highest BCUT2D eigenvalue weighted by atomic mass is 16.4. The van der Waals surface area contributed by atoms with E-state index in [1.165, 1.54) is 0 Å². The van der Waals surface area contributed by atoms with Gasteiger partial charge in [-0.1, -0.05) is 27.4 Å². The summed E-state index contributed by atoms with van der Waals surface area (Å²) in [5, 5.41) is 17.5. The molecule has 0 aromatic heterocycles. The highest BCUT2D eigenvalue weighted by Crippen LogP contribution is 2.28. The topological polar surface area (TPSA) is 74.6 Å². The molecule has 0 bridgehead atoms. The molecule has 0 radical (unpaired) electrons. The van der Waals surface area contributed by atoms with Gasteiger partial charge in [-0.15, -0.1) is 0 Å². The molecule has 0 saturated heterocycles. The zero-order valence-corrected chi connectivity index (χ0v) is 8.70. The lowest BCUT2D eigenvalue weighted by Gasteiger charge is -2.23. The summed E-state index contributed by atoms with van der Waals surface area (Å²) in [6, 6.07) is 0. The van der Waals surface area contributed by atoms with Crippen molar-refractivity contribution >= 4 is 11.9 Å². The van der Waals surface area contributed by atoms with Crippen LogP contribution in [0, 0.1) is 11.3 Å². The molecule has 0 saturated carbocycles. The summed E-state index contributed by atoms with van der Waals surface area (Å²) in [4.78, 5) is 21.4. The summed E-state index contributed by atoms with van der Waals surface area (Å²) >= 11 is 0. The van der Waals surface area contributed by atoms with Crippen LogP contribution in [0.15, 0.2) is 12.2 Å². The van der Waals surface area contributed by atoms with Crippen LogP contribution in [0.3, 0.4) is 0 Å². The van der Waals surface area contributed by atoms with Crippen molar-refractivity contribution in [2.24, 2.45) is 11.3 Å². The quantitative estimate of drug-likeness (QED) is 0.678. The van der Waals surface area contributed by atoms with E-state index in [4.69, 9.17) is 10.2 Å². The number of rotatable bonds is 4. The monoisotopic (exact) mass is 200 g/mol. The van der Waals surface area contributed by atoms with Crippen LogP contribution in [0.5, 0.6) is 0 Å². The molecular formula is C10H16O4. The maximum absolute atomic E-state index is 10.8. The van der Waals surface area contributed by atoms with Gasteiger partial charge in [0.2, 0.25) is 0 Å². The van der Waals surface area contributed by atoms with E-state index in [2.05, 4.69) is 6.58 Å². The van der Waals surface area contributed by atoms with Gasteiger partial charge in [0.25, 0.3) is 0 Å². The maximum Gasteiger partial charge on any atom is 0.331 e. The van der Waals surface area contributed by atoms with Gasteiger partial charge < -0.3 is 10.2 Å². The van der Waals surface area contributed by atoms with E-state index in [1.54, 1.807) is 0 Å². The third-order valence-electron chi connectivity index (χ3n) is 1.81. The molecule has 4 nitrogen and oxygen atoms in total. The molecule has 0 aromatic rings. The molecule has 0 aliphatic rings. The molecule has 0 spiro atoms. The Bertz CT molecular complexity index is 260. The predicted molar refractivity (Wildman–Crippen MR) is 52.0 cm³/mol. The van der Waals surface area contributed by atoms with E-state index in [-0.39, 0.29) is 17.4 Å². The van der Waals surface area contributed by atoms with Crippen LogP contribution in [0.25, 0.3) is 0 Å². The number of hydrogen-bond donors (Lipinski definition) is 2. The van der Waals surface area contributed by atoms with Gasteiger partial charge in [0.05, 0.1) is 5.92 Å². The Kier molecular flexibility index (Phi) is 3.86. The van der Waals surface area contributed by atoms with Crippen molar-refractivity contribution in [1.29, 1.82) is 0 Å². The lowest BCUT2D eigenvalue weighted by Crippen LogP contribution is -2.25. The second-order valence-electron chi connectivity index (χ2n) is 4.49. The Morgan fingerprint density at radius 3 is 1.93 bits per heavy atom. The first kappa shape index (κ1) is 12.7. The fourth-order valence-corrected chi connectivity index (χ4v) is 1.12. The van der Waals surface area contributed by atoms with E-state index in [0.717, 1.165) is 0 Å². The average Bonchev–Trinajstić information content (AvgIpc) is 1.96. The van der Waals surface area contributed by atoms with E-state index in [0.29, 0.717) is 0 Å². The molecule has 0 aliphatic heterocycles. The van der Waals surface area contributed by atoms with Gasteiger partial charge in [-0.2, -0.15) is 0 Å². The van der Waals surface area contributed by atoms with Crippen molar-refractivity contribution in [3.05, 3.63) is 12.2 Å². The highest BCUT2D eigenvalue weighted by molar-refractivity contribution is 5.93. The second kappa shape index (κ2) is 4.26. The normalized spacial score (nSPS) is 13.4. The summed E-state index contributed by atoms with van der Waals surface area (Å²) < 4.78 is 0. The average molecular weight is 200 g/mol. The molecule has 0 aromatic carbocycles. The summed E-state index contributed by atoms with van der Waals surface area (Å²) in [7, 11) is 0. The van der Waals surface area contributed by atoms with Crippen molar-refractivity contribution in [2.75, 3.05) is 0 Å². The molecule has 4 heteroatoms. The molecule has 14 heavy (non-hydrogen) atoms. The van der Waals surface area contributed by atoms with Crippen LogP contribution in [0.4, 0.5) is 0 Å². The van der Waals surface area contributed by atoms with Crippen LogP contribution >= 0.6 is 0 Å². The molecule has 0 aliphatic carbocycles. The minimum atomic E-state index is -1.25. The smallest absolute Gasteiger partial charge is 0.331 e. The third-order valence-corrected chi connectivity index (χ3v) is 1.81. The number of carboxylic acid groups (broad SMARTS) is 2. The molecule has 0 fully saturated rings. The number of carboxylic acids is 2. The Balaban J connectivity index is 4.71. The Labute approximate surface area is 83.2 Å². The summed E-state index contributed by atoms with van der Waals surface area (Å²) in [5.41, 5.74) is -0.492. The van der Waals surface area contributed by atoms with Gasteiger partial charge in [0, 0.05) is 5.57 Å². The molecular weight excluding hydrogens is 184 g/mol. The largest absolute Gasteiger partial charge is 0.481 e. The first-order chi connectivity index (χ1) is 6.15. The van der Waals surface area contributed by atoms with Gasteiger partial charge in [-0.05, 0) is 11.8 Å². The minimum absolute atomic E-state index is 0.235. The molecule has 0 heterocycles. The maximum atomic E-state index is 10.8. The first-order valence-electron chi connectivity index (χ1n) is 4.30. The van der Waals surface area contributed by atoms with Gasteiger partial charge >= 0.3 is 11.9 Å². The first-order valence-corrected chi connectivity index (χ1v) is 4.30. The molecule has 2 N–H and O–H groups in total. The number of hydrogen-bond acceptors (Lipinski definition) is 2. The van der Waals surface area contributed by atoms with Crippen LogP contribution < -0.4 is 0 Å². The van der Waals surface area contributed by atoms with Crippen molar-refractivity contribution in [1.82, 2.24) is 0 Å². The van der Waals surface area contributed by atoms with Gasteiger partial charge in [-0.3, -0.25) is 4.79 Å². The van der Waals surface area contributed by atoms with Gasteiger partial charge in [-0.25, -0.2) is 4.79 Å². The summed E-state index contributed by atoms with van der Waals surface area (Å²) in [6.07, 6.45) is 0.271. The van der Waals surface area contributed by atoms with E-state index >= 15 is 0 Å². The lowest BCUT2D eigenvalue weighted by atomic mass is 9.81. The SMILES string of the molecule is C=C(C(=O)O)C(CC(C)(C)C)C(=O)O. The number of aliphatic carboxylic acids is 2. The van der Waals surface area contributed by atoms with Crippen molar-refractivity contribution in [3.63, 3.8) is 0 Å². The van der Waals surface area contributed by atoms with E-state index in [9.17, 15) is 9.59 Å². The van der Waals surface area contributed by atoms with Crippen molar-refractivity contribution < 1.29 is 19.8 Å². The van der Waals surface area contributed by atoms with E-state index in [1.807, 2.05) is 20.8 Å². The summed E-state index contributed by atoms with van der Waals surface area (Å²) in [5.74, 6) is -3.39. The van der Waals surface area contributed by atoms with Crippen molar-refractivity contribution in [3.8, 4) is 0 Å². The predicted octanol–water partition coefficient (Wildman–Crippen LogP) is 1.76. The fourth-order valence-electron chi connectivity index (χ4n) is 1.12. The van der Waals surface area contributed by atoms with Gasteiger partial charge in [0.15, 0.2) is 0 Å². The third kappa shape index (κ3) is 4.07. The Morgan fingerprint density at radius 2 is 1.71 bits per heavy atom. The van der Waals surface area contributed by atoms with Crippen LogP contribution in [-0.4, -0.2) is 22.2 Å². The standard InChI is InChI=1S/C10H16O4/c1-6(8(11)12)7(9(13)14)5-10(2,3)4/h7H,1,5H2,2-4H3,(H,11,12)(H,13,14). The molecule has 80 valence electrons. The molecule has 1 atom stereocenters. The number of carbonyl (C=O) groups is 2. The fraction of sp³-hybridized carbons (Fsp3) is 0.600. The minimum Gasteiger partial charge on any atom is -0.481 e. The molecule has 0 rings (SSSR count). The van der Waals surface area contributed by atoms with Gasteiger partial charge in [0.1, 0.15) is 0 Å². The van der Waals surface area contributed by atoms with Crippen LogP contribution in [0.1, 0.15) is 27.2 Å². The van der Waals surface area contributed by atoms with Crippen LogP contribution in [0.2, 0.25) is 0 Å².